The molecule has 0 heterocycles. The molecule has 2 rings (SSSR count). The predicted molar refractivity (Wildman–Crippen MR) is 96.0 cm³/mol. The summed E-state index contributed by atoms with van der Waals surface area (Å²) in [4.78, 5) is 25.1. The summed E-state index contributed by atoms with van der Waals surface area (Å²) in [6.45, 7) is 2.08. The molecule has 0 radical (unpaired) electrons. The highest BCUT2D eigenvalue weighted by Crippen LogP contribution is 2.28. The first kappa shape index (κ1) is 19.8. The van der Waals surface area contributed by atoms with Crippen LogP contribution in [0.2, 0.25) is 5.02 Å². The van der Waals surface area contributed by atoms with Crippen LogP contribution < -0.4 is 10.1 Å². The highest BCUT2D eigenvalue weighted by atomic mass is 35.5. The summed E-state index contributed by atoms with van der Waals surface area (Å²) in [6, 6.07) is 10.0. The second-order valence-corrected chi connectivity index (χ2v) is 7.06. The van der Waals surface area contributed by atoms with Crippen molar-refractivity contribution in [2.45, 2.75) is 27.4 Å². The average Bonchev–Trinajstić information content (AvgIpc) is 2.53. The first-order valence-electron chi connectivity index (χ1n) is 7.78. The Morgan fingerprint density at radius 1 is 1.08 bits per heavy atom. The van der Waals surface area contributed by atoms with Crippen molar-refractivity contribution >= 4 is 29.0 Å². The summed E-state index contributed by atoms with van der Waals surface area (Å²) in [5.41, 5.74) is -0.127. The molecule has 0 unspecified atom stereocenters. The quantitative estimate of drug-likeness (QED) is 0.728. The smallest absolute Gasteiger partial charge is 0.387 e. The summed E-state index contributed by atoms with van der Waals surface area (Å²) >= 11 is 5.83. The largest absolute Gasteiger partial charge is 0.435 e. The van der Waals surface area contributed by atoms with Crippen molar-refractivity contribution in [3.63, 3.8) is 0 Å². The number of rotatable bonds is 5. The third-order valence-corrected chi connectivity index (χ3v) is 3.75. The SMILES string of the molecule is CC(C)(C)C(=O)Nc1cc(OC(F)F)ccc1C(=O)c1ccc(Cl)cc1. The van der Waals surface area contributed by atoms with Crippen LogP contribution in [0.4, 0.5) is 14.5 Å². The van der Waals surface area contributed by atoms with E-state index in [4.69, 9.17) is 11.6 Å². The molecule has 4 nitrogen and oxygen atoms in total. The summed E-state index contributed by atoms with van der Waals surface area (Å²) in [7, 11) is 0. The molecular weight excluding hydrogens is 364 g/mol. The molecule has 1 N–H and O–H groups in total. The van der Waals surface area contributed by atoms with E-state index in [1.807, 2.05) is 0 Å². The zero-order valence-electron chi connectivity index (χ0n) is 14.5. The van der Waals surface area contributed by atoms with Crippen molar-refractivity contribution in [2.24, 2.45) is 5.41 Å². The fourth-order valence-electron chi connectivity index (χ4n) is 2.07. The molecule has 0 bridgehead atoms. The summed E-state index contributed by atoms with van der Waals surface area (Å²) in [5.74, 6) is -0.900. The van der Waals surface area contributed by atoms with Crippen molar-refractivity contribution in [2.75, 3.05) is 5.32 Å². The standard InChI is InChI=1S/C19H18ClF2NO3/c1-19(2,3)17(25)23-15-10-13(26-18(21)22)8-9-14(15)16(24)11-4-6-12(20)7-5-11/h4-10,18H,1-3H3,(H,23,25). The number of nitrogens with one attached hydrogen (secondary N) is 1. The maximum absolute atomic E-state index is 12.8. The number of amides is 1. The number of ether oxygens (including phenoxy) is 1. The monoisotopic (exact) mass is 381 g/mol. The predicted octanol–water partition coefficient (Wildman–Crippen LogP) is 5.16. The van der Waals surface area contributed by atoms with Gasteiger partial charge in [0.2, 0.25) is 5.91 Å². The molecule has 0 fully saturated rings. The van der Waals surface area contributed by atoms with Gasteiger partial charge in [-0.2, -0.15) is 8.78 Å². The first-order valence-corrected chi connectivity index (χ1v) is 8.16. The summed E-state index contributed by atoms with van der Waals surface area (Å²) in [5, 5.41) is 3.09. The van der Waals surface area contributed by atoms with E-state index >= 15 is 0 Å². The lowest BCUT2D eigenvalue weighted by molar-refractivity contribution is -0.123. The van der Waals surface area contributed by atoms with Crippen molar-refractivity contribution < 1.29 is 23.1 Å². The van der Waals surface area contributed by atoms with Crippen LogP contribution in [0.5, 0.6) is 5.75 Å². The highest BCUT2D eigenvalue weighted by molar-refractivity contribution is 6.30. The van der Waals surface area contributed by atoms with Crippen LogP contribution in [-0.4, -0.2) is 18.3 Å². The van der Waals surface area contributed by atoms with E-state index in [1.54, 1.807) is 45.0 Å². The van der Waals surface area contributed by atoms with Gasteiger partial charge in [-0.25, -0.2) is 0 Å². The minimum atomic E-state index is -3.01. The van der Waals surface area contributed by atoms with Crippen LogP contribution >= 0.6 is 11.6 Å². The van der Waals surface area contributed by atoms with E-state index in [9.17, 15) is 18.4 Å². The van der Waals surface area contributed by atoms with Gasteiger partial charge in [0.25, 0.3) is 0 Å². The van der Waals surface area contributed by atoms with E-state index in [0.717, 1.165) is 0 Å². The highest BCUT2D eigenvalue weighted by Gasteiger charge is 2.24. The van der Waals surface area contributed by atoms with Gasteiger partial charge < -0.3 is 10.1 Å². The third-order valence-electron chi connectivity index (χ3n) is 3.50. The lowest BCUT2D eigenvalue weighted by Crippen LogP contribution is -2.28. The molecule has 0 aromatic heterocycles. The number of hydrogen-bond acceptors (Lipinski definition) is 3. The number of benzene rings is 2. The Labute approximate surface area is 155 Å². The van der Waals surface area contributed by atoms with E-state index in [0.29, 0.717) is 10.6 Å². The Kier molecular flexibility index (Phi) is 5.97. The topological polar surface area (TPSA) is 55.4 Å². The summed E-state index contributed by atoms with van der Waals surface area (Å²) in [6.07, 6.45) is 0. The van der Waals surface area contributed by atoms with Gasteiger partial charge >= 0.3 is 6.61 Å². The molecule has 138 valence electrons. The van der Waals surface area contributed by atoms with Gasteiger partial charge in [0.15, 0.2) is 5.78 Å². The van der Waals surface area contributed by atoms with Crippen LogP contribution in [-0.2, 0) is 4.79 Å². The van der Waals surface area contributed by atoms with Crippen molar-refractivity contribution in [3.8, 4) is 5.75 Å². The minimum absolute atomic E-state index is 0.100. The number of halogens is 3. The second-order valence-electron chi connectivity index (χ2n) is 6.63. The van der Waals surface area contributed by atoms with Crippen molar-refractivity contribution in [1.82, 2.24) is 0 Å². The van der Waals surface area contributed by atoms with Crippen LogP contribution in [0.1, 0.15) is 36.7 Å². The Morgan fingerprint density at radius 2 is 1.69 bits per heavy atom. The Morgan fingerprint density at radius 3 is 2.23 bits per heavy atom. The molecule has 0 aliphatic heterocycles. The molecule has 2 aromatic rings. The average molecular weight is 382 g/mol. The van der Waals surface area contributed by atoms with Crippen molar-refractivity contribution in [3.05, 3.63) is 58.6 Å². The molecule has 0 aliphatic rings. The molecule has 26 heavy (non-hydrogen) atoms. The molecule has 0 saturated heterocycles. The lowest BCUT2D eigenvalue weighted by Gasteiger charge is -2.20. The zero-order valence-corrected chi connectivity index (χ0v) is 15.2. The first-order chi connectivity index (χ1) is 12.1. The number of carbonyl (C=O) groups excluding carboxylic acids is 2. The lowest BCUT2D eigenvalue weighted by atomic mass is 9.94. The Bertz CT molecular complexity index is 815. The molecular formula is C19H18ClF2NO3. The van der Waals surface area contributed by atoms with E-state index in [1.165, 1.54) is 18.2 Å². The molecule has 0 saturated carbocycles. The Balaban J connectivity index is 2.44. The van der Waals surface area contributed by atoms with Crippen LogP contribution in [0.3, 0.4) is 0 Å². The van der Waals surface area contributed by atoms with E-state index < -0.39 is 12.0 Å². The molecule has 0 aliphatic carbocycles. The normalized spacial score (nSPS) is 11.3. The van der Waals surface area contributed by atoms with Crippen LogP contribution in [0.25, 0.3) is 0 Å². The fraction of sp³-hybridized carbons (Fsp3) is 0.263. The Hall–Kier alpha value is -2.47. The van der Waals surface area contributed by atoms with Crippen LogP contribution in [0.15, 0.2) is 42.5 Å². The molecule has 0 spiro atoms. The number of hydrogen-bond donors (Lipinski definition) is 1. The molecule has 0 atom stereocenters. The van der Waals surface area contributed by atoms with Gasteiger partial charge in [0.1, 0.15) is 5.75 Å². The van der Waals surface area contributed by atoms with Gasteiger partial charge in [0, 0.05) is 27.6 Å². The zero-order chi connectivity index (χ0) is 19.5. The number of alkyl halides is 2. The number of ketones is 1. The summed E-state index contributed by atoms with van der Waals surface area (Å²) < 4.78 is 29.3. The molecule has 7 heteroatoms. The second kappa shape index (κ2) is 7.83. The fourth-order valence-corrected chi connectivity index (χ4v) is 2.19. The number of anilines is 1. The van der Waals surface area contributed by atoms with Crippen molar-refractivity contribution in [1.29, 1.82) is 0 Å². The molecule has 1 amide bonds. The van der Waals surface area contributed by atoms with Gasteiger partial charge in [-0.3, -0.25) is 9.59 Å². The van der Waals surface area contributed by atoms with Gasteiger partial charge in [-0.15, -0.1) is 0 Å². The van der Waals surface area contributed by atoms with Gasteiger partial charge in [0.05, 0.1) is 5.69 Å². The van der Waals surface area contributed by atoms with Gasteiger partial charge in [-0.05, 0) is 36.4 Å². The number of carbonyl (C=O) groups is 2. The minimum Gasteiger partial charge on any atom is -0.435 e. The maximum Gasteiger partial charge on any atom is 0.387 e. The third kappa shape index (κ3) is 5.02. The van der Waals surface area contributed by atoms with Gasteiger partial charge in [-0.1, -0.05) is 32.4 Å². The molecule has 2 aromatic carbocycles. The van der Waals surface area contributed by atoms with E-state index in [-0.39, 0.29) is 28.7 Å². The van der Waals surface area contributed by atoms with E-state index in [2.05, 4.69) is 10.1 Å². The van der Waals surface area contributed by atoms with Crippen LogP contribution in [0, 0.1) is 5.41 Å². The maximum atomic E-state index is 12.8.